The molecule has 1 N–H and O–H groups in total. The van der Waals surface area contributed by atoms with Crippen LogP contribution in [0.5, 0.6) is 0 Å². The van der Waals surface area contributed by atoms with Crippen molar-refractivity contribution in [3.63, 3.8) is 0 Å². The third kappa shape index (κ3) is 2.84. The van der Waals surface area contributed by atoms with E-state index in [2.05, 4.69) is 5.10 Å². The van der Waals surface area contributed by atoms with E-state index in [1.165, 1.54) is 7.05 Å². The molecule has 12 heteroatoms. The van der Waals surface area contributed by atoms with E-state index in [1.54, 1.807) is 0 Å². The number of hydrogen-bond acceptors (Lipinski definition) is 3. The van der Waals surface area contributed by atoms with Crippen molar-refractivity contribution in [1.29, 1.82) is 0 Å². The summed E-state index contributed by atoms with van der Waals surface area (Å²) >= 11 is 0. The Bertz CT molecular complexity index is 650. The number of aryl methyl sites for hydroxylation is 1. The first-order valence-corrected chi connectivity index (χ1v) is 6.06. The molecular formula is C11H9F6N3O3. The van der Waals surface area contributed by atoms with E-state index in [9.17, 15) is 35.9 Å². The van der Waals surface area contributed by atoms with Crippen molar-refractivity contribution in [2.24, 2.45) is 13.0 Å². The quantitative estimate of drug-likeness (QED) is 0.783. The second kappa shape index (κ2) is 5.13. The van der Waals surface area contributed by atoms with Crippen LogP contribution in [0.1, 0.15) is 5.69 Å². The summed E-state index contributed by atoms with van der Waals surface area (Å²) in [5.74, 6) is -7.02. The van der Waals surface area contributed by atoms with E-state index in [-0.39, 0.29) is 5.69 Å². The topological polar surface area (TPSA) is 75.4 Å². The minimum atomic E-state index is -5.60. The zero-order chi connectivity index (χ0) is 17.7. The summed E-state index contributed by atoms with van der Waals surface area (Å²) in [6, 6.07) is -3.13. The van der Waals surface area contributed by atoms with Crippen LogP contribution in [0.4, 0.5) is 32.0 Å². The number of aliphatic carboxylic acids is 1. The lowest BCUT2D eigenvalue weighted by atomic mass is 9.87. The van der Waals surface area contributed by atoms with Crippen molar-refractivity contribution in [2.45, 2.75) is 24.8 Å². The Hall–Kier alpha value is -2.27. The van der Waals surface area contributed by atoms with Crippen LogP contribution in [0.3, 0.4) is 0 Å². The molecule has 2 atom stereocenters. The number of carboxylic acids is 1. The van der Waals surface area contributed by atoms with Gasteiger partial charge in [-0.1, -0.05) is 0 Å². The Morgan fingerprint density at radius 2 is 1.83 bits per heavy atom. The van der Waals surface area contributed by atoms with Crippen molar-refractivity contribution in [1.82, 2.24) is 9.78 Å². The Kier molecular flexibility index (Phi) is 3.81. The first-order valence-electron chi connectivity index (χ1n) is 6.06. The second-order valence-electron chi connectivity index (χ2n) is 4.91. The molecule has 1 aliphatic heterocycles. The van der Waals surface area contributed by atoms with E-state index in [4.69, 9.17) is 5.11 Å². The number of halogens is 6. The van der Waals surface area contributed by atoms with Crippen LogP contribution in [-0.4, -0.2) is 45.2 Å². The minimum Gasteiger partial charge on any atom is -0.481 e. The summed E-state index contributed by atoms with van der Waals surface area (Å²) in [7, 11) is 1.22. The Balaban J connectivity index is 2.68. The molecule has 0 spiro atoms. The van der Waals surface area contributed by atoms with Gasteiger partial charge in [-0.25, -0.2) is 0 Å². The van der Waals surface area contributed by atoms with Crippen molar-refractivity contribution in [3.8, 4) is 0 Å². The van der Waals surface area contributed by atoms with Gasteiger partial charge in [-0.3, -0.25) is 19.2 Å². The molecule has 2 rings (SSSR count). The van der Waals surface area contributed by atoms with Gasteiger partial charge in [0.15, 0.2) is 0 Å². The first kappa shape index (κ1) is 17.1. The molecule has 0 saturated heterocycles. The molecule has 2 unspecified atom stereocenters. The zero-order valence-electron chi connectivity index (χ0n) is 11.3. The van der Waals surface area contributed by atoms with Gasteiger partial charge in [0.25, 0.3) is 0 Å². The number of anilines is 1. The summed E-state index contributed by atoms with van der Waals surface area (Å²) in [4.78, 5) is 22.0. The zero-order valence-corrected chi connectivity index (χ0v) is 11.3. The first-order chi connectivity index (χ1) is 10.4. The fourth-order valence-corrected chi connectivity index (χ4v) is 2.51. The van der Waals surface area contributed by atoms with Crippen LogP contribution in [0.2, 0.25) is 0 Å². The van der Waals surface area contributed by atoms with Crippen LogP contribution in [0.25, 0.3) is 0 Å². The average Bonchev–Trinajstić information content (AvgIpc) is 2.75. The highest BCUT2D eigenvalue weighted by molar-refractivity contribution is 5.99. The van der Waals surface area contributed by atoms with Crippen LogP contribution < -0.4 is 4.90 Å². The molecular weight excluding hydrogens is 336 g/mol. The maximum atomic E-state index is 13.2. The lowest BCUT2D eigenvalue weighted by Gasteiger charge is -2.40. The van der Waals surface area contributed by atoms with Gasteiger partial charge in [-0.15, -0.1) is 0 Å². The van der Waals surface area contributed by atoms with Gasteiger partial charge in [-0.2, -0.15) is 31.4 Å². The number of hydrogen-bond donors (Lipinski definition) is 1. The predicted octanol–water partition coefficient (Wildman–Crippen LogP) is 1.50. The summed E-state index contributed by atoms with van der Waals surface area (Å²) in [6.07, 6.45) is -11.0. The Morgan fingerprint density at radius 3 is 2.26 bits per heavy atom. The van der Waals surface area contributed by atoms with Gasteiger partial charge in [0.2, 0.25) is 0 Å². The second-order valence-corrected chi connectivity index (χ2v) is 4.91. The standard InChI is InChI=1S/C11H9F6N3O3/c1-19-5-2-4(8(21)22)7(10(12,13)14)20(6(5)3-18-19)9(23)11(15,16)17/h3-4,7H,2H2,1H3,(H,21,22). The maximum Gasteiger partial charge on any atom is 0.471 e. The van der Waals surface area contributed by atoms with Crippen molar-refractivity contribution >= 4 is 17.6 Å². The number of fused-ring (bicyclic) bond motifs is 1. The lowest BCUT2D eigenvalue weighted by Crippen LogP contribution is -2.60. The van der Waals surface area contributed by atoms with E-state index < -0.39 is 53.2 Å². The fourth-order valence-electron chi connectivity index (χ4n) is 2.51. The summed E-state index contributed by atoms with van der Waals surface area (Å²) in [6.45, 7) is 0. The number of carbonyl (C=O) groups is 2. The highest BCUT2D eigenvalue weighted by atomic mass is 19.4. The summed E-state index contributed by atoms with van der Waals surface area (Å²) < 4.78 is 78.6. The van der Waals surface area contributed by atoms with Gasteiger partial charge in [0.1, 0.15) is 6.04 Å². The molecule has 2 heterocycles. The third-order valence-corrected chi connectivity index (χ3v) is 3.49. The van der Waals surface area contributed by atoms with Crippen LogP contribution in [0.15, 0.2) is 6.20 Å². The van der Waals surface area contributed by atoms with E-state index >= 15 is 0 Å². The number of nitrogens with zero attached hydrogens (tertiary/aromatic N) is 3. The number of carboxylic acid groups (broad SMARTS) is 1. The van der Waals surface area contributed by atoms with Crippen LogP contribution in [0, 0.1) is 5.92 Å². The molecule has 1 aliphatic rings. The molecule has 0 bridgehead atoms. The van der Waals surface area contributed by atoms with Crippen LogP contribution in [-0.2, 0) is 23.1 Å². The van der Waals surface area contributed by atoms with E-state index in [1.807, 2.05) is 0 Å². The Labute approximate surface area is 124 Å². The average molecular weight is 345 g/mol. The number of amides is 1. The largest absolute Gasteiger partial charge is 0.481 e. The van der Waals surface area contributed by atoms with E-state index in [0.717, 1.165) is 4.68 Å². The molecule has 1 aromatic rings. The molecule has 0 radical (unpaired) electrons. The predicted molar refractivity (Wildman–Crippen MR) is 61.4 cm³/mol. The van der Waals surface area contributed by atoms with Crippen molar-refractivity contribution < 1.29 is 41.0 Å². The fraction of sp³-hybridized carbons (Fsp3) is 0.545. The molecule has 6 nitrogen and oxygen atoms in total. The lowest BCUT2D eigenvalue weighted by molar-refractivity contribution is -0.189. The number of alkyl halides is 6. The van der Waals surface area contributed by atoms with Crippen molar-refractivity contribution in [2.75, 3.05) is 4.90 Å². The highest BCUT2D eigenvalue weighted by Gasteiger charge is 2.60. The SMILES string of the molecule is Cn1ncc2c1CC(C(=O)O)C(C(F)(F)F)N2C(=O)C(F)(F)F. The monoisotopic (exact) mass is 345 g/mol. The van der Waals surface area contributed by atoms with Gasteiger partial charge in [-0.05, 0) is 0 Å². The summed E-state index contributed by atoms with van der Waals surface area (Å²) in [5, 5.41) is 12.5. The molecule has 0 aromatic carbocycles. The maximum absolute atomic E-state index is 13.2. The number of rotatable bonds is 1. The normalized spacial score (nSPS) is 22.0. The van der Waals surface area contributed by atoms with Gasteiger partial charge < -0.3 is 5.11 Å². The van der Waals surface area contributed by atoms with Crippen LogP contribution >= 0.6 is 0 Å². The smallest absolute Gasteiger partial charge is 0.471 e. The molecule has 0 saturated carbocycles. The van der Waals surface area contributed by atoms with E-state index in [0.29, 0.717) is 6.20 Å². The molecule has 128 valence electrons. The molecule has 0 fully saturated rings. The van der Waals surface area contributed by atoms with Gasteiger partial charge in [0.05, 0.1) is 23.5 Å². The van der Waals surface area contributed by atoms with Crippen molar-refractivity contribution in [3.05, 3.63) is 11.9 Å². The number of carbonyl (C=O) groups excluding carboxylic acids is 1. The molecule has 0 aliphatic carbocycles. The van der Waals surface area contributed by atoms with Gasteiger partial charge >= 0.3 is 24.2 Å². The minimum absolute atomic E-state index is 0.199. The highest BCUT2D eigenvalue weighted by Crippen LogP contribution is 2.42. The number of aromatic nitrogens is 2. The molecule has 1 amide bonds. The third-order valence-electron chi connectivity index (χ3n) is 3.49. The Morgan fingerprint density at radius 1 is 1.26 bits per heavy atom. The molecule has 1 aromatic heterocycles. The molecule has 23 heavy (non-hydrogen) atoms. The summed E-state index contributed by atoms with van der Waals surface area (Å²) in [5.41, 5.74) is -0.898. The van der Waals surface area contributed by atoms with Gasteiger partial charge in [0, 0.05) is 13.5 Å².